The summed E-state index contributed by atoms with van der Waals surface area (Å²) in [5.74, 6) is -1.29. The SMILES string of the molecule is O=CC(=O)[C@@H]1N[C@H](C(=O)O)CS1. The van der Waals surface area contributed by atoms with Gasteiger partial charge in [0.1, 0.15) is 11.4 Å². The average molecular weight is 189 g/mol. The van der Waals surface area contributed by atoms with Gasteiger partial charge in [-0.3, -0.25) is 19.7 Å². The summed E-state index contributed by atoms with van der Waals surface area (Å²) in [7, 11) is 0. The Morgan fingerprint density at radius 3 is 2.67 bits per heavy atom. The van der Waals surface area contributed by atoms with Crippen LogP contribution in [0.5, 0.6) is 0 Å². The number of carbonyl (C=O) groups is 3. The van der Waals surface area contributed by atoms with Gasteiger partial charge in [0.2, 0.25) is 5.78 Å². The van der Waals surface area contributed by atoms with Gasteiger partial charge in [0.15, 0.2) is 6.29 Å². The highest BCUT2D eigenvalue weighted by Crippen LogP contribution is 2.18. The van der Waals surface area contributed by atoms with Gasteiger partial charge in [0.25, 0.3) is 0 Å². The van der Waals surface area contributed by atoms with Gasteiger partial charge in [-0.25, -0.2) is 0 Å². The molecule has 2 atom stereocenters. The van der Waals surface area contributed by atoms with Crippen molar-refractivity contribution >= 4 is 29.8 Å². The van der Waals surface area contributed by atoms with E-state index >= 15 is 0 Å². The summed E-state index contributed by atoms with van der Waals surface area (Å²) in [6.45, 7) is 0. The normalized spacial score (nSPS) is 28.3. The van der Waals surface area contributed by atoms with Crippen molar-refractivity contribution in [2.24, 2.45) is 0 Å². The summed E-state index contributed by atoms with van der Waals surface area (Å²) >= 11 is 1.14. The van der Waals surface area contributed by atoms with Crippen LogP contribution in [-0.4, -0.2) is 40.3 Å². The number of nitrogens with one attached hydrogen (secondary N) is 1. The molecule has 0 aromatic rings. The van der Waals surface area contributed by atoms with E-state index in [0.29, 0.717) is 5.75 Å². The highest BCUT2D eigenvalue weighted by Gasteiger charge is 2.33. The smallest absolute Gasteiger partial charge is 0.321 e. The van der Waals surface area contributed by atoms with Gasteiger partial charge in [0, 0.05) is 5.75 Å². The van der Waals surface area contributed by atoms with Crippen LogP contribution in [-0.2, 0) is 14.4 Å². The van der Waals surface area contributed by atoms with E-state index in [1.165, 1.54) is 0 Å². The largest absolute Gasteiger partial charge is 0.480 e. The molecule has 0 amide bonds. The Morgan fingerprint density at radius 1 is 1.58 bits per heavy atom. The number of aldehydes is 1. The van der Waals surface area contributed by atoms with Crippen LogP contribution < -0.4 is 5.32 Å². The summed E-state index contributed by atoms with van der Waals surface area (Å²) in [6.07, 6.45) is 0.203. The minimum Gasteiger partial charge on any atom is -0.480 e. The lowest BCUT2D eigenvalue weighted by atomic mass is 10.3. The molecule has 1 heterocycles. The third-order valence-electron chi connectivity index (χ3n) is 1.45. The molecule has 0 radical (unpaired) electrons. The molecule has 1 saturated heterocycles. The molecule has 0 saturated carbocycles. The first-order valence-corrected chi connectivity index (χ1v) is 4.29. The van der Waals surface area contributed by atoms with Crippen LogP contribution in [0.2, 0.25) is 0 Å². The molecule has 1 aliphatic rings. The molecule has 66 valence electrons. The third-order valence-corrected chi connectivity index (χ3v) is 2.68. The number of hydrogen-bond acceptors (Lipinski definition) is 5. The van der Waals surface area contributed by atoms with E-state index in [0.717, 1.165) is 11.8 Å². The lowest BCUT2D eigenvalue weighted by Crippen LogP contribution is -2.40. The third kappa shape index (κ3) is 1.83. The molecule has 0 spiro atoms. The maximum absolute atomic E-state index is 10.7. The van der Waals surface area contributed by atoms with Crippen molar-refractivity contribution in [3.05, 3.63) is 0 Å². The van der Waals surface area contributed by atoms with Crippen LogP contribution in [0.1, 0.15) is 0 Å². The molecule has 0 aliphatic carbocycles. The summed E-state index contributed by atoms with van der Waals surface area (Å²) in [5, 5.41) is 10.4. The topological polar surface area (TPSA) is 83.5 Å². The van der Waals surface area contributed by atoms with Crippen molar-refractivity contribution in [1.29, 1.82) is 0 Å². The van der Waals surface area contributed by atoms with Gasteiger partial charge in [-0.15, -0.1) is 11.8 Å². The summed E-state index contributed by atoms with van der Waals surface area (Å²) in [5.41, 5.74) is 0. The predicted octanol–water partition coefficient (Wildman–Crippen LogP) is -1.13. The van der Waals surface area contributed by atoms with E-state index < -0.39 is 23.2 Å². The van der Waals surface area contributed by atoms with Gasteiger partial charge in [0.05, 0.1) is 0 Å². The number of thioether (sulfide) groups is 1. The number of ketones is 1. The number of carboxylic acid groups (broad SMARTS) is 1. The number of aliphatic carboxylic acids is 1. The van der Waals surface area contributed by atoms with Crippen molar-refractivity contribution in [3.63, 3.8) is 0 Å². The fraction of sp³-hybridized carbons (Fsp3) is 0.500. The minimum absolute atomic E-state index is 0.203. The summed E-state index contributed by atoms with van der Waals surface area (Å²) < 4.78 is 0. The molecule has 1 rings (SSSR count). The van der Waals surface area contributed by atoms with Gasteiger partial charge < -0.3 is 5.11 Å². The first-order valence-electron chi connectivity index (χ1n) is 3.24. The first-order chi connectivity index (χ1) is 5.65. The van der Waals surface area contributed by atoms with Gasteiger partial charge in [-0.1, -0.05) is 0 Å². The lowest BCUT2D eigenvalue weighted by Gasteiger charge is -2.04. The zero-order valence-electron chi connectivity index (χ0n) is 6.02. The van der Waals surface area contributed by atoms with E-state index in [1.54, 1.807) is 0 Å². The second kappa shape index (κ2) is 3.68. The Labute approximate surface area is 72.5 Å². The van der Waals surface area contributed by atoms with E-state index in [1.807, 2.05) is 0 Å². The molecule has 0 aromatic carbocycles. The average Bonchev–Trinajstić information content (AvgIpc) is 2.51. The molecule has 0 unspecified atom stereocenters. The minimum atomic E-state index is -0.997. The Morgan fingerprint density at radius 2 is 2.25 bits per heavy atom. The van der Waals surface area contributed by atoms with Crippen molar-refractivity contribution in [1.82, 2.24) is 5.32 Å². The second-order valence-corrected chi connectivity index (χ2v) is 3.43. The van der Waals surface area contributed by atoms with Crippen LogP contribution in [0.25, 0.3) is 0 Å². The molecule has 1 fully saturated rings. The van der Waals surface area contributed by atoms with E-state index in [2.05, 4.69) is 5.32 Å². The number of carbonyl (C=O) groups excluding carboxylic acids is 2. The van der Waals surface area contributed by atoms with Crippen LogP contribution in [0.4, 0.5) is 0 Å². The molecule has 5 nitrogen and oxygen atoms in total. The van der Waals surface area contributed by atoms with Crippen LogP contribution in [0, 0.1) is 0 Å². The molecule has 0 bridgehead atoms. The monoisotopic (exact) mass is 189 g/mol. The maximum Gasteiger partial charge on any atom is 0.321 e. The maximum atomic E-state index is 10.7. The molecule has 6 heteroatoms. The molecule has 0 aromatic heterocycles. The van der Waals surface area contributed by atoms with Crippen molar-refractivity contribution in [2.75, 3.05) is 5.75 Å². The fourth-order valence-electron chi connectivity index (χ4n) is 0.840. The van der Waals surface area contributed by atoms with E-state index in [-0.39, 0.29) is 6.29 Å². The molecule has 12 heavy (non-hydrogen) atoms. The number of Topliss-reactive ketones (excluding diaryl/α,β-unsaturated/α-hetero) is 1. The predicted molar refractivity (Wildman–Crippen MR) is 41.9 cm³/mol. The fourth-order valence-corrected chi connectivity index (χ4v) is 1.94. The summed E-state index contributed by atoms with van der Waals surface area (Å²) in [4.78, 5) is 31.1. The number of carboxylic acids is 1. The quantitative estimate of drug-likeness (QED) is 0.432. The summed E-state index contributed by atoms with van der Waals surface area (Å²) in [6, 6.07) is -0.719. The van der Waals surface area contributed by atoms with Crippen molar-refractivity contribution in [3.8, 4) is 0 Å². The standard InChI is InChI=1S/C6H7NO4S/c8-1-4(9)5-7-3(2-12-5)6(10)11/h1,3,5,7H,2H2,(H,10,11)/t3-,5+/m0/s1. The van der Waals surface area contributed by atoms with E-state index in [4.69, 9.17) is 5.11 Å². The molecule has 1 aliphatic heterocycles. The zero-order chi connectivity index (χ0) is 9.14. The van der Waals surface area contributed by atoms with Crippen molar-refractivity contribution < 1.29 is 19.5 Å². The molecular weight excluding hydrogens is 182 g/mol. The lowest BCUT2D eigenvalue weighted by molar-refractivity contribution is -0.139. The Kier molecular flexibility index (Phi) is 2.83. The van der Waals surface area contributed by atoms with Crippen LogP contribution >= 0.6 is 11.8 Å². The highest BCUT2D eigenvalue weighted by molar-refractivity contribution is 8.01. The number of hydrogen-bond donors (Lipinski definition) is 2. The van der Waals surface area contributed by atoms with Gasteiger partial charge in [-0.2, -0.15) is 0 Å². The van der Waals surface area contributed by atoms with Gasteiger partial charge in [-0.05, 0) is 0 Å². The van der Waals surface area contributed by atoms with Crippen LogP contribution in [0.15, 0.2) is 0 Å². The zero-order valence-corrected chi connectivity index (χ0v) is 6.84. The number of rotatable bonds is 3. The first kappa shape index (κ1) is 9.21. The Bertz CT molecular complexity index is 230. The Hall–Kier alpha value is -0.880. The van der Waals surface area contributed by atoms with Crippen LogP contribution in [0.3, 0.4) is 0 Å². The highest BCUT2D eigenvalue weighted by atomic mass is 32.2. The van der Waals surface area contributed by atoms with Gasteiger partial charge >= 0.3 is 5.97 Å². The molecular formula is C6H7NO4S. The van der Waals surface area contributed by atoms with E-state index in [9.17, 15) is 14.4 Å². The Balaban J connectivity index is 2.50. The molecule has 2 N–H and O–H groups in total. The van der Waals surface area contributed by atoms with Crippen molar-refractivity contribution in [2.45, 2.75) is 11.4 Å². The second-order valence-electron chi connectivity index (χ2n) is 2.29.